The number of hydrogen-bond donors (Lipinski definition) is 3. The molecule has 0 aliphatic heterocycles. The van der Waals surface area contributed by atoms with Crippen LogP contribution in [0.3, 0.4) is 0 Å². The molecule has 10 heteroatoms. The maximum atomic E-state index is 13.5. The summed E-state index contributed by atoms with van der Waals surface area (Å²) in [5.41, 5.74) is -3.45. The largest absolute Gasteiger partial charge is 0.493 e. The van der Waals surface area contributed by atoms with Crippen LogP contribution >= 0.6 is 0 Å². The van der Waals surface area contributed by atoms with Crippen molar-refractivity contribution < 1.29 is 37.3 Å². The fraction of sp³-hybridized carbons (Fsp3) is 0.316. The highest BCUT2D eigenvalue weighted by molar-refractivity contribution is 5.90. The van der Waals surface area contributed by atoms with Gasteiger partial charge in [0.25, 0.3) is 0 Å². The maximum absolute atomic E-state index is 13.5. The topological polar surface area (TPSA) is 89.1 Å². The number of amides is 2. The van der Waals surface area contributed by atoms with E-state index in [1.165, 1.54) is 51.7 Å². The van der Waals surface area contributed by atoms with Crippen molar-refractivity contribution in [1.29, 1.82) is 0 Å². The van der Waals surface area contributed by atoms with Crippen LogP contribution in [0.1, 0.15) is 5.56 Å². The van der Waals surface area contributed by atoms with Crippen LogP contribution in [0.15, 0.2) is 42.5 Å². The second-order valence-electron chi connectivity index (χ2n) is 5.95. The number of carbonyl (C=O) groups excluding carboxylic acids is 1. The summed E-state index contributed by atoms with van der Waals surface area (Å²) in [6, 6.07) is 8.37. The van der Waals surface area contributed by atoms with Gasteiger partial charge in [-0.2, -0.15) is 13.2 Å². The van der Waals surface area contributed by atoms with Crippen LogP contribution in [0.4, 0.5) is 23.7 Å². The van der Waals surface area contributed by atoms with Gasteiger partial charge in [-0.05, 0) is 5.56 Å². The smallest absolute Gasteiger partial charge is 0.423 e. The van der Waals surface area contributed by atoms with E-state index in [-0.39, 0.29) is 28.5 Å². The first-order chi connectivity index (χ1) is 13.7. The van der Waals surface area contributed by atoms with Gasteiger partial charge < -0.3 is 30.0 Å². The fourth-order valence-corrected chi connectivity index (χ4v) is 2.62. The van der Waals surface area contributed by atoms with E-state index in [0.717, 1.165) is 12.1 Å². The Bertz CT molecular complexity index is 820. The van der Waals surface area contributed by atoms with Crippen molar-refractivity contribution in [2.75, 3.05) is 33.2 Å². The molecule has 2 aromatic carbocycles. The van der Waals surface area contributed by atoms with E-state index in [9.17, 15) is 23.1 Å². The highest BCUT2D eigenvalue weighted by Crippen LogP contribution is 2.40. The molecule has 7 nitrogen and oxygen atoms in total. The van der Waals surface area contributed by atoms with Crippen molar-refractivity contribution in [2.45, 2.75) is 11.8 Å². The number of urea groups is 1. The number of halogens is 3. The van der Waals surface area contributed by atoms with Crippen molar-refractivity contribution in [3.8, 4) is 17.2 Å². The Morgan fingerprint density at radius 3 is 2.00 bits per heavy atom. The molecule has 0 aliphatic rings. The summed E-state index contributed by atoms with van der Waals surface area (Å²) in [7, 11) is 4.16. The fourth-order valence-electron chi connectivity index (χ4n) is 2.62. The standard InChI is InChI=1S/C19H21F3N2O5/c1-27-14-9-13(10-15(28-2)16(14)29-3)24-17(25)23-11-18(26,19(20,21)22)12-7-5-4-6-8-12/h4-10,26H,11H2,1-3H3,(H2,23,24,25). The third-order valence-electron chi connectivity index (χ3n) is 4.15. The van der Waals surface area contributed by atoms with Crippen molar-refractivity contribution in [3.63, 3.8) is 0 Å². The van der Waals surface area contributed by atoms with E-state index >= 15 is 0 Å². The van der Waals surface area contributed by atoms with Crippen LogP contribution in [-0.4, -0.2) is 45.2 Å². The van der Waals surface area contributed by atoms with Crippen molar-refractivity contribution >= 4 is 11.7 Å². The molecule has 0 bridgehead atoms. The predicted octanol–water partition coefficient (Wildman–Crippen LogP) is 3.28. The molecule has 2 amide bonds. The Hall–Kier alpha value is -3.14. The highest BCUT2D eigenvalue weighted by atomic mass is 19.4. The van der Waals surface area contributed by atoms with Gasteiger partial charge in [-0.25, -0.2) is 4.79 Å². The van der Waals surface area contributed by atoms with Crippen LogP contribution in [0.2, 0.25) is 0 Å². The lowest BCUT2D eigenvalue weighted by atomic mass is 9.93. The number of nitrogens with one attached hydrogen (secondary N) is 2. The first-order valence-electron chi connectivity index (χ1n) is 8.35. The average Bonchev–Trinajstić information content (AvgIpc) is 2.70. The monoisotopic (exact) mass is 414 g/mol. The number of aliphatic hydroxyl groups is 1. The Balaban J connectivity index is 2.18. The third-order valence-corrected chi connectivity index (χ3v) is 4.15. The number of alkyl halides is 3. The molecule has 0 saturated carbocycles. The zero-order valence-electron chi connectivity index (χ0n) is 16.0. The zero-order chi connectivity index (χ0) is 21.7. The first kappa shape index (κ1) is 22.2. The lowest BCUT2D eigenvalue weighted by Crippen LogP contribution is -2.51. The molecule has 3 N–H and O–H groups in total. The van der Waals surface area contributed by atoms with Gasteiger partial charge in [0, 0.05) is 12.1 Å². The maximum Gasteiger partial charge on any atom is 0.423 e. The summed E-state index contributed by atoms with van der Waals surface area (Å²) in [5, 5.41) is 14.7. The van der Waals surface area contributed by atoms with Crippen LogP contribution in [0, 0.1) is 0 Å². The van der Waals surface area contributed by atoms with Gasteiger partial charge in [-0.1, -0.05) is 30.3 Å². The molecule has 1 unspecified atom stereocenters. The average molecular weight is 414 g/mol. The molecule has 0 aliphatic carbocycles. The molecule has 0 spiro atoms. The van der Waals surface area contributed by atoms with Gasteiger partial charge in [0.15, 0.2) is 11.5 Å². The minimum atomic E-state index is -5.01. The normalized spacial score (nSPS) is 13.2. The number of methoxy groups -OCH3 is 3. The molecule has 1 atom stereocenters. The molecule has 2 aromatic rings. The highest BCUT2D eigenvalue weighted by Gasteiger charge is 2.55. The van der Waals surface area contributed by atoms with Gasteiger partial charge in [-0.15, -0.1) is 0 Å². The van der Waals surface area contributed by atoms with Crippen molar-refractivity contribution in [1.82, 2.24) is 5.32 Å². The molecular weight excluding hydrogens is 393 g/mol. The van der Waals surface area contributed by atoms with Crippen LogP contribution < -0.4 is 24.8 Å². The number of ether oxygens (including phenoxy) is 3. The number of hydrogen-bond acceptors (Lipinski definition) is 5. The van der Waals surface area contributed by atoms with Gasteiger partial charge in [0.1, 0.15) is 0 Å². The summed E-state index contributed by atoms with van der Waals surface area (Å²) >= 11 is 0. The van der Waals surface area contributed by atoms with Crippen LogP contribution in [0.25, 0.3) is 0 Å². The molecule has 0 radical (unpaired) electrons. The summed E-state index contributed by atoms with van der Waals surface area (Å²) in [4.78, 5) is 12.2. The number of anilines is 1. The Morgan fingerprint density at radius 2 is 1.55 bits per heavy atom. The van der Waals surface area contributed by atoms with E-state index in [1.54, 1.807) is 0 Å². The SMILES string of the molecule is COc1cc(NC(=O)NCC(O)(c2ccccc2)C(F)(F)F)cc(OC)c1OC. The molecule has 0 heterocycles. The Kier molecular flexibility index (Phi) is 6.80. The predicted molar refractivity (Wildman–Crippen MR) is 99.5 cm³/mol. The van der Waals surface area contributed by atoms with E-state index < -0.39 is 24.4 Å². The molecule has 29 heavy (non-hydrogen) atoms. The molecule has 158 valence electrons. The minimum absolute atomic E-state index is 0.187. The molecule has 0 aromatic heterocycles. The van der Waals surface area contributed by atoms with Crippen molar-refractivity contribution in [3.05, 3.63) is 48.0 Å². The number of rotatable bonds is 7. The molecule has 0 saturated heterocycles. The first-order valence-corrected chi connectivity index (χ1v) is 8.35. The summed E-state index contributed by atoms with van der Waals surface area (Å²) in [5.74, 6) is 0.785. The summed E-state index contributed by atoms with van der Waals surface area (Å²) < 4.78 is 55.9. The lowest BCUT2D eigenvalue weighted by molar-refractivity contribution is -0.263. The summed E-state index contributed by atoms with van der Waals surface area (Å²) in [6.07, 6.45) is -5.01. The van der Waals surface area contributed by atoms with Gasteiger partial charge in [-0.3, -0.25) is 0 Å². The number of benzene rings is 2. The second kappa shape index (κ2) is 8.91. The van der Waals surface area contributed by atoms with Gasteiger partial charge in [0.2, 0.25) is 11.4 Å². The van der Waals surface area contributed by atoms with E-state index in [2.05, 4.69) is 5.32 Å². The summed E-state index contributed by atoms with van der Waals surface area (Å²) in [6.45, 7) is -1.09. The van der Waals surface area contributed by atoms with Gasteiger partial charge >= 0.3 is 12.2 Å². The zero-order valence-corrected chi connectivity index (χ0v) is 16.0. The van der Waals surface area contributed by atoms with Crippen molar-refractivity contribution in [2.24, 2.45) is 0 Å². The van der Waals surface area contributed by atoms with Gasteiger partial charge in [0.05, 0.1) is 33.6 Å². The van der Waals surface area contributed by atoms with Crippen LogP contribution in [0.5, 0.6) is 17.2 Å². The van der Waals surface area contributed by atoms with E-state index in [0.29, 0.717) is 0 Å². The number of carbonyl (C=O) groups is 1. The lowest BCUT2D eigenvalue weighted by Gasteiger charge is -2.31. The minimum Gasteiger partial charge on any atom is -0.493 e. The van der Waals surface area contributed by atoms with E-state index in [1.807, 2.05) is 5.32 Å². The van der Waals surface area contributed by atoms with Crippen LogP contribution in [-0.2, 0) is 5.60 Å². The molecular formula is C19H21F3N2O5. The molecule has 2 rings (SSSR count). The van der Waals surface area contributed by atoms with E-state index in [4.69, 9.17) is 14.2 Å². The molecule has 0 fully saturated rings. The Morgan fingerprint density at radius 1 is 1.00 bits per heavy atom. The quantitative estimate of drug-likeness (QED) is 0.647. The Labute approximate surface area is 165 Å². The second-order valence-corrected chi connectivity index (χ2v) is 5.95. The third kappa shape index (κ3) is 4.83.